The second kappa shape index (κ2) is 4.99. The van der Waals surface area contributed by atoms with Gasteiger partial charge in [-0.15, -0.1) is 8.78 Å². The van der Waals surface area contributed by atoms with Gasteiger partial charge in [-0.3, -0.25) is 5.26 Å². The molecule has 0 radical (unpaired) electrons. The predicted molar refractivity (Wildman–Crippen MR) is 68.9 cm³/mol. The van der Waals surface area contributed by atoms with Gasteiger partial charge in [0.25, 0.3) is 0 Å². The molecule has 6 nitrogen and oxygen atoms in total. The van der Waals surface area contributed by atoms with Gasteiger partial charge in [0.1, 0.15) is 6.61 Å². The Morgan fingerprint density at radius 3 is 2.76 bits per heavy atom. The molecule has 21 heavy (non-hydrogen) atoms. The van der Waals surface area contributed by atoms with E-state index in [0.717, 1.165) is 0 Å². The van der Waals surface area contributed by atoms with Crippen molar-refractivity contribution in [1.29, 1.82) is 0 Å². The van der Waals surface area contributed by atoms with Crippen molar-refractivity contribution >= 4 is 17.3 Å². The molecule has 0 saturated heterocycles. The Bertz CT molecular complexity index is 611. The first-order valence-corrected chi connectivity index (χ1v) is 6.35. The van der Waals surface area contributed by atoms with Gasteiger partial charge in [0, 0.05) is 18.7 Å². The molecule has 0 saturated carbocycles. The van der Waals surface area contributed by atoms with E-state index < -0.39 is 6.29 Å². The minimum Gasteiger partial charge on any atom is -0.395 e. The van der Waals surface area contributed by atoms with Gasteiger partial charge in [0.05, 0.1) is 16.8 Å². The van der Waals surface area contributed by atoms with Crippen LogP contribution in [-0.2, 0) is 4.89 Å². The molecule has 2 aliphatic heterocycles. The van der Waals surface area contributed by atoms with Crippen LogP contribution in [0.4, 0.5) is 8.78 Å². The molecule has 0 aliphatic carbocycles. The molecule has 0 fully saturated rings. The number of benzene rings is 1. The normalized spacial score (nSPS) is 22.6. The van der Waals surface area contributed by atoms with Crippen molar-refractivity contribution < 1.29 is 28.4 Å². The molecule has 0 bridgehead atoms. The molecular formula is C12H11ClF2N2O4. The van der Waals surface area contributed by atoms with Gasteiger partial charge in [-0.25, -0.2) is 10.3 Å². The lowest BCUT2D eigenvalue weighted by atomic mass is 10.1. The zero-order valence-electron chi connectivity index (χ0n) is 10.8. The van der Waals surface area contributed by atoms with Crippen molar-refractivity contribution in [2.45, 2.75) is 12.3 Å². The Morgan fingerprint density at radius 1 is 1.43 bits per heavy atom. The molecule has 1 aromatic carbocycles. The minimum absolute atomic E-state index is 0.0358. The number of nitrogens with one attached hydrogen (secondary N) is 1. The summed E-state index contributed by atoms with van der Waals surface area (Å²) in [6.45, 7) is 0.0358. The lowest BCUT2D eigenvalue weighted by Gasteiger charge is -2.19. The van der Waals surface area contributed by atoms with Gasteiger partial charge in [-0.1, -0.05) is 11.6 Å². The van der Waals surface area contributed by atoms with E-state index in [9.17, 15) is 8.78 Å². The highest BCUT2D eigenvalue weighted by Crippen LogP contribution is 2.45. The largest absolute Gasteiger partial charge is 0.586 e. The first-order chi connectivity index (χ1) is 9.89. The van der Waals surface area contributed by atoms with E-state index in [1.54, 1.807) is 18.1 Å². The number of fused-ring (bicyclic) bond motifs is 1. The van der Waals surface area contributed by atoms with Crippen LogP contribution in [0, 0.1) is 0 Å². The SMILES string of the molecule is CN1NC(COO)C=C1c1cc2c(cc1Cl)OC(F)(F)O2. The van der Waals surface area contributed by atoms with Crippen molar-refractivity contribution in [3.8, 4) is 11.5 Å². The Morgan fingerprint density at radius 2 is 2.10 bits per heavy atom. The summed E-state index contributed by atoms with van der Waals surface area (Å²) in [5.41, 5.74) is 4.13. The van der Waals surface area contributed by atoms with Crippen LogP contribution in [0.25, 0.3) is 5.70 Å². The van der Waals surface area contributed by atoms with Crippen molar-refractivity contribution in [3.63, 3.8) is 0 Å². The standard InChI is InChI=1S/C12H11ClF2N2O4/c1-17-9(2-6(16-17)5-19-18)7-3-10-11(4-8(7)13)21-12(14,15)20-10/h2-4,6,16,18H,5H2,1H3. The number of nitrogens with zero attached hydrogens (tertiary/aromatic N) is 1. The number of hydrogen-bond donors (Lipinski definition) is 2. The summed E-state index contributed by atoms with van der Waals surface area (Å²) in [6.07, 6.45) is -1.94. The minimum atomic E-state index is -3.69. The third kappa shape index (κ3) is 2.62. The highest BCUT2D eigenvalue weighted by Gasteiger charge is 2.44. The zero-order valence-corrected chi connectivity index (χ0v) is 11.5. The van der Waals surface area contributed by atoms with Crippen LogP contribution >= 0.6 is 11.6 Å². The molecule has 2 aliphatic rings. The molecule has 2 N–H and O–H groups in total. The first-order valence-electron chi connectivity index (χ1n) is 5.97. The van der Waals surface area contributed by atoms with E-state index in [-0.39, 0.29) is 29.2 Å². The van der Waals surface area contributed by atoms with Crippen LogP contribution in [0.15, 0.2) is 18.2 Å². The van der Waals surface area contributed by atoms with E-state index >= 15 is 0 Å². The summed E-state index contributed by atoms with van der Waals surface area (Å²) in [5, 5.41) is 10.4. The molecule has 0 amide bonds. The Kier molecular flexibility index (Phi) is 3.40. The van der Waals surface area contributed by atoms with Gasteiger partial charge in [0.2, 0.25) is 0 Å². The molecule has 0 aromatic heterocycles. The quantitative estimate of drug-likeness (QED) is 0.658. The maximum atomic E-state index is 13.0. The summed E-state index contributed by atoms with van der Waals surface area (Å²) in [4.78, 5) is 4.08. The number of hydrogen-bond acceptors (Lipinski definition) is 6. The average Bonchev–Trinajstić information content (AvgIpc) is 2.87. The summed E-state index contributed by atoms with van der Waals surface area (Å²) in [5.74, 6) is -0.200. The van der Waals surface area contributed by atoms with Crippen LogP contribution in [0.3, 0.4) is 0 Å². The monoisotopic (exact) mass is 320 g/mol. The van der Waals surface area contributed by atoms with Gasteiger partial charge >= 0.3 is 6.29 Å². The van der Waals surface area contributed by atoms with Crippen LogP contribution in [0.1, 0.15) is 5.56 Å². The molecule has 3 rings (SSSR count). The van der Waals surface area contributed by atoms with E-state index in [1.807, 2.05) is 0 Å². The van der Waals surface area contributed by atoms with Crippen LogP contribution in [0.5, 0.6) is 11.5 Å². The molecule has 1 atom stereocenters. The van der Waals surface area contributed by atoms with Crippen LogP contribution in [0.2, 0.25) is 5.02 Å². The van der Waals surface area contributed by atoms with Crippen molar-refractivity contribution in [2.24, 2.45) is 0 Å². The average molecular weight is 321 g/mol. The summed E-state index contributed by atoms with van der Waals surface area (Å²) in [7, 11) is 1.72. The smallest absolute Gasteiger partial charge is 0.395 e. The molecule has 0 spiro atoms. The lowest BCUT2D eigenvalue weighted by Crippen LogP contribution is -2.36. The van der Waals surface area contributed by atoms with E-state index in [1.165, 1.54) is 12.1 Å². The summed E-state index contributed by atoms with van der Waals surface area (Å²) < 4.78 is 34.8. The predicted octanol–water partition coefficient (Wildman–Crippen LogP) is 2.31. The van der Waals surface area contributed by atoms with Crippen molar-refractivity contribution in [1.82, 2.24) is 10.4 Å². The molecular weight excluding hydrogens is 310 g/mol. The first kappa shape index (κ1) is 14.3. The zero-order chi connectivity index (χ0) is 15.2. The fourth-order valence-electron chi connectivity index (χ4n) is 2.26. The fourth-order valence-corrected chi connectivity index (χ4v) is 2.51. The summed E-state index contributed by atoms with van der Waals surface area (Å²) >= 11 is 6.11. The summed E-state index contributed by atoms with van der Waals surface area (Å²) in [6, 6.07) is 2.39. The number of ether oxygens (including phenoxy) is 2. The van der Waals surface area contributed by atoms with E-state index in [2.05, 4.69) is 19.8 Å². The maximum absolute atomic E-state index is 13.0. The second-order valence-corrected chi connectivity index (χ2v) is 5.00. The Labute approximate surface area is 123 Å². The lowest BCUT2D eigenvalue weighted by molar-refractivity contribution is -0.286. The van der Waals surface area contributed by atoms with Crippen molar-refractivity contribution in [3.05, 3.63) is 28.8 Å². The third-order valence-electron chi connectivity index (χ3n) is 3.10. The maximum Gasteiger partial charge on any atom is 0.586 e. The van der Waals surface area contributed by atoms with Gasteiger partial charge in [-0.2, -0.15) is 0 Å². The molecule has 2 heterocycles. The highest BCUT2D eigenvalue weighted by molar-refractivity contribution is 6.32. The fraction of sp³-hybridized carbons (Fsp3) is 0.333. The van der Waals surface area contributed by atoms with Crippen LogP contribution < -0.4 is 14.9 Å². The topological polar surface area (TPSA) is 63.2 Å². The van der Waals surface area contributed by atoms with E-state index in [4.69, 9.17) is 16.9 Å². The number of halogens is 3. The van der Waals surface area contributed by atoms with Crippen molar-refractivity contribution in [2.75, 3.05) is 13.7 Å². The van der Waals surface area contributed by atoms with Gasteiger partial charge < -0.3 is 14.5 Å². The van der Waals surface area contributed by atoms with Crippen LogP contribution in [-0.4, -0.2) is 36.3 Å². The number of alkyl halides is 2. The van der Waals surface area contributed by atoms with Gasteiger partial charge in [-0.05, 0) is 12.1 Å². The van der Waals surface area contributed by atoms with Gasteiger partial charge in [0.15, 0.2) is 11.5 Å². The van der Waals surface area contributed by atoms with E-state index in [0.29, 0.717) is 11.3 Å². The number of rotatable bonds is 3. The second-order valence-electron chi connectivity index (χ2n) is 4.59. The third-order valence-corrected chi connectivity index (χ3v) is 3.41. The number of hydrazine groups is 1. The Hall–Kier alpha value is -1.61. The molecule has 9 heteroatoms. The molecule has 1 aromatic rings. The highest BCUT2D eigenvalue weighted by atomic mass is 35.5. The Balaban J connectivity index is 1.96. The molecule has 114 valence electrons. The molecule has 1 unspecified atom stereocenters.